The molecule has 31 heavy (non-hydrogen) atoms. The van der Waals surface area contributed by atoms with Crippen LogP contribution in [0.15, 0.2) is 27.8 Å². The molecule has 0 saturated carbocycles. The van der Waals surface area contributed by atoms with Gasteiger partial charge in [-0.25, -0.2) is 18.4 Å². The van der Waals surface area contributed by atoms with Gasteiger partial charge in [0.05, 0.1) is 23.5 Å². The van der Waals surface area contributed by atoms with Crippen molar-refractivity contribution in [3.05, 3.63) is 45.1 Å². The van der Waals surface area contributed by atoms with E-state index in [4.69, 9.17) is 4.74 Å². The van der Waals surface area contributed by atoms with E-state index in [0.29, 0.717) is 38.4 Å². The number of aliphatic hydroxyl groups is 1. The molecular formula is C22H26BrN3O4S. The lowest BCUT2D eigenvalue weighted by atomic mass is 9.86. The number of aromatic nitrogens is 2. The van der Waals surface area contributed by atoms with Crippen LogP contribution < -0.4 is 4.90 Å². The van der Waals surface area contributed by atoms with Crippen molar-refractivity contribution in [2.24, 2.45) is 0 Å². The number of rotatable bonds is 2. The van der Waals surface area contributed by atoms with Crippen LogP contribution in [0.4, 0.5) is 5.82 Å². The van der Waals surface area contributed by atoms with Crippen molar-refractivity contribution in [3.8, 4) is 0 Å². The van der Waals surface area contributed by atoms with E-state index in [-0.39, 0.29) is 5.16 Å². The predicted molar refractivity (Wildman–Crippen MR) is 120 cm³/mol. The van der Waals surface area contributed by atoms with Crippen molar-refractivity contribution in [3.63, 3.8) is 0 Å². The average molecular weight is 508 g/mol. The number of hydrogen-bond donors (Lipinski definition) is 1. The minimum Gasteiger partial charge on any atom is -0.388 e. The number of β-amino-alcohol motifs (C(OH)–C–C–N with tert-alkyl or cyclic N) is 1. The number of sulfone groups is 1. The maximum absolute atomic E-state index is 12.4. The molecule has 1 unspecified atom stereocenters. The van der Waals surface area contributed by atoms with Crippen LogP contribution in [0.3, 0.4) is 0 Å². The fraction of sp³-hybridized carbons (Fsp3) is 0.545. The van der Waals surface area contributed by atoms with Crippen molar-refractivity contribution in [2.45, 2.75) is 62.0 Å². The summed E-state index contributed by atoms with van der Waals surface area (Å²) >= 11 is 3.57. The monoisotopic (exact) mass is 507 g/mol. The molecule has 1 N–H and O–H groups in total. The van der Waals surface area contributed by atoms with Gasteiger partial charge in [-0.05, 0) is 55.9 Å². The lowest BCUT2D eigenvalue weighted by molar-refractivity contribution is -0.0732. The molecule has 2 aliphatic heterocycles. The highest BCUT2D eigenvalue weighted by Crippen LogP contribution is 2.47. The van der Waals surface area contributed by atoms with Gasteiger partial charge in [-0.1, -0.05) is 22.0 Å². The van der Waals surface area contributed by atoms with Crippen LogP contribution in [0, 0.1) is 0 Å². The highest BCUT2D eigenvalue weighted by Gasteiger charge is 2.45. The number of halogens is 1. The zero-order valence-corrected chi connectivity index (χ0v) is 20.1. The van der Waals surface area contributed by atoms with Crippen molar-refractivity contribution in [1.29, 1.82) is 0 Å². The fourth-order valence-corrected chi connectivity index (χ4v) is 6.03. The first-order chi connectivity index (χ1) is 14.6. The summed E-state index contributed by atoms with van der Waals surface area (Å²) in [5.74, 6) is 0.577. The van der Waals surface area contributed by atoms with Crippen LogP contribution in [0.2, 0.25) is 0 Å². The van der Waals surface area contributed by atoms with Gasteiger partial charge in [-0.3, -0.25) is 0 Å². The zero-order chi connectivity index (χ0) is 22.0. The highest BCUT2D eigenvalue weighted by atomic mass is 79.9. The van der Waals surface area contributed by atoms with Crippen LogP contribution in [0.1, 0.15) is 48.6 Å². The Hall–Kier alpha value is -1.55. The second kappa shape index (κ2) is 7.23. The van der Waals surface area contributed by atoms with E-state index in [1.807, 2.05) is 17.9 Å². The maximum atomic E-state index is 12.4. The van der Waals surface area contributed by atoms with E-state index in [9.17, 15) is 13.5 Å². The van der Waals surface area contributed by atoms with E-state index in [1.165, 1.54) is 5.56 Å². The van der Waals surface area contributed by atoms with Crippen molar-refractivity contribution >= 4 is 31.6 Å². The molecule has 1 spiro atoms. The highest BCUT2D eigenvalue weighted by molar-refractivity contribution is 9.10. The van der Waals surface area contributed by atoms with Gasteiger partial charge in [0.15, 0.2) is 0 Å². The van der Waals surface area contributed by atoms with Gasteiger partial charge in [0.25, 0.3) is 0 Å². The molecule has 0 bridgehead atoms. The van der Waals surface area contributed by atoms with Crippen LogP contribution in [0.25, 0.3) is 0 Å². The minimum atomic E-state index is -3.59. The molecule has 1 fully saturated rings. The largest absolute Gasteiger partial charge is 0.388 e. The van der Waals surface area contributed by atoms with Crippen molar-refractivity contribution in [2.75, 3.05) is 24.2 Å². The number of fused-ring (bicyclic) bond motifs is 3. The first-order valence-electron chi connectivity index (χ1n) is 10.6. The summed E-state index contributed by atoms with van der Waals surface area (Å²) in [6.07, 6.45) is 4.93. The molecule has 2 aromatic rings. The summed E-state index contributed by atoms with van der Waals surface area (Å²) in [5, 5.41) is 10.4. The predicted octanol–water partition coefficient (Wildman–Crippen LogP) is 2.91. The Kier molecular flexibility index (Phi) is 4.97. The summed E-state index contributed by atoms with van der Waals surface area (Å²) in [6, 6.07) is 6.27. The first-order valence-corrected chi connectivity index (χ1v) is 13.2. The topological polar surface area (TPSA) is 92.6 Å². The number of piperidine rings is 1. The molecule has 166 valence electrons. The molecule has 5 rings (SSSR count). The van der Waals surface area contributed by atoms with Crippen LogP contribution in [-0.4, -0.2) is 48.4 Å². The van der Waals surface area contributed by atoms with Gasteiger partial charge in [0.2, 0.25) is 15.0 Å². The Balaban J connectivity index is 1.61. The summed E-state index contributed by atoms with van der Waals surface area (Å²) in [5.41, 5.74) is 2.63. The standard InChI is InChI=1S/C22H26BrN3O4S/c1-21(27)7-3-9-26(13-21)19-16-12-30-22(8-6-14-4-5-15(23)10-17(14)22)11-18(16)24-20(25-19)31(2,28)29/h4-5,10,27H,3,6-9,11-13H2,1-2H3/t21-,22?/m1/s1. The third-order valence-corrected chi connectivity index (χ3v) is 8.00. The first kappa shape index (κ1) is 21.3. The number of anilines is 1. The molecule has 9 heteroatoms. The lowest BCUT2D eigenvalue weighted by Crippen LogP contribution is -2.47. The molecule has 3 heterocycles. The molecule has 1 saturated heterocycles. The second-order valence-electron chi connectivity index (χ2n) is 9.31. The summed E-state index contributed by atoms with van der Waals surface area (Å²) in [7, 11) is -3.59. The van der Waals surface area contributed by atoms with E-state index in [1.54, 1.807) is 0 Å². The van der Waals surface area contributed by atoms with Gasteiger partial charge in [0.1, 0.15) is 5.82 Å². The number of benzene rings is 1. The van der Waals surface area contributed by atoms with Gasteiger partial charge < -0.3 is 14.7 Å². The van der Waals surface area contributed by atoms with E-state index in [2.05, 4.69) is 38.0 Å². The maximum Gasteiger partial charge on any atom is 0.249 e. The second-order valence-corrected chi connectivity index (χ2v) is 12.1. The zero-order valence-electron chi connectivity index (χ0n) is 17.7. The lowest BCUT2D eigenvalue weighted by Gasteiger charge is -2.41. The molecule has 0 radical (unpaired) electrons. The van der Waals surface area contributed by atoms with Crippen molar-refractivity contribution < 1.29 is 18.3 Å². The number of aryl methyl sites for hydroxylation is 1. The SMILES string of the molecule is C[C@@]1(O)CCCN(c2nc(S(C)(=O)=O)nc3c2COC2(CCc4ccc(Br)cc42)C3)C1. The molecule has 3 aliphatic rings. The number of nitrogens with zero attached hydrogens (tertiary/aromatic N) is 3. The molecule has 0 amide bonds. The Bertz CT molecular complexity index is 1170. The molecular weight excluding hydrogens is 482 g/mol. The smallest absolute Gasteiger partial charge is 0.249 e. The number of ether oxygens (including phenoxy) is 1. The van der Waals surface area contributed by atoms with Crippen LogP contribution in [0.5, 0.6) is 0 Å². The molecule has 1 aromatic heterocycles. The third-order valence-electron chi connectivity index (χ3n) is 6.66. The number of hydrogen-bond acceptors (Lipinski definition) is 7. The Morgan fingerprint density at radius 1 is 1.26 bits per heavy atom. The average Bonchev–Trinajstić information content (AvgIpc) is 3.02. The molecule has 2 atom stereocenters. The van der Waals surface area contributed by atoms with Crippen molar-refractivity contribution in [1.82, 2.24) is 9.97 Å². The molecule has 7 nitrogen and oxygen atoms in total. The Morgan fingerprint density at radius 3 is 2.81 bits per heavy atom. The molecule has 1 aliphatic carbocycles. The summed E-state index contributed by atoms with van der Waals surface area (Å²) < 4.78 is 32.3. The van der Waals surface area contributed by atoms with Gasteiger partial charge in [-0.2, -0.15) is 0 Å². The van der Waals surface area contributed by atoms with Gasteiger partial charge in [0, 0.05) is 35.8 Å². The third kappa shape index (κ3) is 3.79. The summed E-state index contributed by atoms with van der Waals surface area (Å²) in [4.78, 5) is 10.9. The van der Waals surface area contributed by atoms with Crippen LogP contribution in [-0.2, 0) is 39.6 Å². The normalized spacial score (nSPS) is 27.9. The Morgan fingerprint density at radius 2 is 2.06 bits per heavy atom. The van der Waals surface area contributed by atoms with E-state index < -0.39 is 21.0 Å². The minimum absolute atomic E-state index is 0.157. The fourth-order valence-electron chi connectivity index (χ4n) is 5.14. The van der Waals surface area contributed by atoms with E-state index in [0.717, 1.165) is 46.8 Å². The van der Waals surface area contributed by atoms with Gasteiger partial charge in [-0.15, -0.1) is 0 Å². The summed E-state index contributed by atoms with van der Waals surface area (Å²) in [6.45, 7) is 3.24. The Labute approximate surface area is 190 Å². The quantitative estimate of drug-likeness (QED) is 0.624. The van der Waals surface area contributed by atoms with Crippen LogP contribution >= 0.6 is 15.9 Å². The van der Waals surface area contributed by atoms with E-state index >= 15 is 0 Å². The van der Waals surface area contributed by atoms with Gasteiger partial charge >= 0.3 is 0 Å². The molecule has 1 aromatic carbocycles.